The molecule has 1 heterocycles. The zero-order chi connectivity index (χ0) is 18.6. The van der Waals surface area contributed by atoms with Crippen molar-refractivity contribution in [2.45, 2.75) is 18.2 Å². The van der Waals surface area contributed by atoms with E-state index < -0.39 is 21.9 Å². The van der Waals surface area contributed by atoms with Gasteiger partial charge in [0.25, 0.3) is 5.91 Å². The van der Waals surface area contributed by atoms with Crippen LogP contribution in [0.4, 0.5) is 5.13 Å². The molecule has 0 aliphatic rings. The Bertz CT molecular complexity index is 911. The van der Waals surface area contributed by atoms with Crippen LogP contribution in [0.5, 0.6) is 0 Å². The van der Waals surface area contributed by atoms with Crippen molar-refractivity contribution < 1.29 is 22.7 Å². The summed E-state index contributed by atoms with van der Waals surface area (Å²) in [6.07, 6.45) is -0.0120. The van der Waals surface area contributed by atoms with Crippen LogP contribution >= 0.6 is 22.9 Å². The lowest BCUT2D eigenvalue weighted by Gasteiger charge is -2.06. The van der Waals surface area contributed by atoms with Crippen molar-refractivity contribution in [2.24, 2.45) is 5.14 Å². The van der Waals surface area contributed by atoms with Crippen LogP contribution in [0.1, 0.15) is 23.0 Å². The number of sulfonamides is 1. The average Bonchev–Trinajstić information content (AvgIpc) is 2.93. The van der Waals surface area contributed by atoms with E-state index in [1.54, 1.807) is 12.3 Å². The Balaban J connectivity index is 2.15. The molecular formula is C14H14ClN3O5S2. The first-order chi connectivity index (χ1) is 11.7. The van der Waals surface area contributed by atoms with Crippen molar-refractivity contribution in [3.8, 4) is 0 Å². The maximum Gasteiger partial charge on any atom is 0.311 e. The molecule has 0 unspecified atom stereocenters. The van der Waals surface area contributed by atoms with Gasteiger partial charge in [0.1, 0.15) is 0 Å². The Morgan fingerprint density at radius 1 is 1.40 bits per heavy atom. The number of nitrogens with two attached hydrogens (primary N) is 1. The van der Waals surface area contributed by atoms with Gasteiger partial charge in [0, 0.05) is 5.38 Å². The number of esters is 1. The summed E-state index contributed by atoms with van der Waals surface area (Å²) in [5, 5.41) is 9.45. The van der Waals surface area contributed by atoms with E-state index in [0.717, 1.165) is 17.4 Å². The summed E-state index contributed by atoms with van der Waals surface area (Å²) in [6, 6.07) is 3.56. The fourth-order valence-electron chi connectivity index (χ4n) is 1.83. The van der Waals surface area contributed by atoms with Gasteiger partial charge in [-0.05, 0) is 25.1 Å². The average molecular weight is 404 g/mol. The highest BCUT2D eigenvalue weighted by atomic mass is 35.5. The monoisotopic (exact) mass is 403 g/mol. The topological polar surface area (TPSA) is 128 Å². The van der Waals surface area contributed by atoms with E-state index in [1.807, 2.05) is 0 Å². The zero-order valence-electron chi connectivity index (χ0n) is 13.0. The molecule has 1 aromatic carbocycles. The van der Waals surface area contributed by atoms with Gasteiger partial charge in [-0.3, -0.25) is 14.9 Å². The first kappa shape index (κ1) is 19.3. The molecule has 0 radical (unpaired) electrons. The van der Waals surface area contributed by atoms with Gasteiger partial charge >= 0.3 is 5.97 Å². The number of primary sulfonamides is 1. The van der Waals surface area contributed by atoms with Gasteiger partial charge in [-0.25, -0.2) is 18.5 Å². The van der Waals surface area contributed by atoms with Crippen LogP contribution < -0.4 is 10.5 Å². The van der Waals surface area contributed by atoms with Crippen molar-refractivity contribution in [1.82, 2.24) is 4.98 Å². The van der Waals surface area contributed by atoms with Crippen molar-refractivity contribution in [2.75, 3.05) is 11.9 Å². The number of carbonyl (C=O) groups is 2. The molecule has 1 amide bonds. The third-order valence-corrected chi connectivity index (χ3v) is 4.96. The number of hydrogen-bond donors (Lipinski definition) is 2. The number of rotatable bonds is 6. The first-order valence-electron chi connectivity index (χ1n) is 6.94. The molecule has 1 aromatic heterocycles. The maximum atomic E-state index is 12.3. The summed E-state index contributed by atoms with van der Waals surface area (Å²) in [7, 11) is -3.97. The third kappa shape index (κ3) is 5.23. The SMILES string of the molecule is CCOC(=O)Cc1csc(NC(=O)c2cc(S(N)(=O)=O)ccc2Cl)n1. The number of nitrogens with one attached hydrogen (secondary N) is 1. The van der Waals surface area contributed by atoms with Crippen molar-refractivity contribution in [3.05, 3.63) is 39.9 Å². The van der Waals surface area contributed by atoms with Gasteiger partial charge < -0.3 is 4.74 Å². The molecule has 8 nitrogen and oxygen atoms in total. The Morgan fingerprint density at radius 3 is 2.76 bits per heavy atom. The normalized spacial score (nSPS) is 11.2. The second-order valence-corrected chi connectivity index (χ2v) is 7.59. The van der Waals surface area contributed by atoms with E-state index in [0.29, 0.717) is 5.69 Å². The number of thiazole rings is 1. The molecular weight excluding hydrogens is 390 g/mol. The Kier molecular flexibility index (Phi) is 6.11. The Hall–Kier alpha value is -2.01. The molecule has 0 spiro atoms. The Labute approximate surface area is 153 Å². The summed E-state index contributed by atoms with van der Waals surface area (Å²) in [5.41, 5.74) is 0.387. The molecule has 0 atom stereocenters. The molecule has 0 bridgehead atoms. The van der Waals surface area contributed by atoms with E-state index in [4.69, 9.17) is 21.5 Å². The smallest absolute Gasteiger partial charge is 0.311 e. The summed E-state index contributed by atoms with van der Waals surface area (Å²) in [4.78, 5) is 27.6. The summed E-state index contributed by atoms with van der Waals surface area (Å²) >= 11 is 7.05. The van der Waals surface area contributed by atoms with E-state index in [-0.39, 0.29) is 33.6 Å². The number of ether oxygens (including phenoxy) is 1. The van der Waals surface area contributed by atoms with Gasteiger partial charge in [0.05, 0.1) is 34.2 Å². The number of carbonyl (C=O) groups excluding carboxylic acids is 2. The standard InChI is InChI=1S/C14H14ClN3O5S2/c1-2-23-12(19)5-8-7-24-14(17-8)18-13(20)10-6-9(25(16,21)22)3-4-11(10)15/h3-4,6-7H,2,5H2,1H3,(H2,16,21,22)(H,17,18,20). The molecule has 0 fully saturated rings. The number of hydrogen-bond acceptors (Lipinski definition) is 7. The number of nitrogens with zero attached hydrogens (tertiary/aromatic N) is 1. The number of benzene rings is 1. The van der Waals surface area contributed by atoms with Crippen LogP contribution in [0.15, 0.2) is 28.5 Å². The lowest BCUT2D eigenvalue weighted by atomic mass is 10.2. The summed E-state index contributed by atoms with van der Waals surface area (Å²) < 4.78 is 27.6. The minimum absolute atomic E-state index is 0.0120. The van der Waals surface area contributed by atoms with Crippen LogP contribution in [0.3, 0.4) is 0 Å². The fourth-order valence-corrected chi connectivity index (χ4v) is 3.27. The summed E-state index contributed by atoms with van der Waals surface area (Å²) in [6.45, 7) is 1.97. The second kappa shape index (κ2) is 7.91. The lowest BCUT2D eigenvalue weighted by Crippen LogP contribution is -2.16. The molecule has 0 saturated carbocycles. The largest absolute Gasteiger partial charge is 0.466 e. The predicted octanol–water partition coefficient (Wildman–Crippen LogP) is 1.80. The quantitative estimate of drug-likeness (QED) is 0.707. The van der Waals surface area contributed by atoms with Crippen LogP contribution in [-0.2, 0) is 26.0 Å². The Morgan fingerprint density at radius 2 is 2.12 bits per heavy atom. The van der Waals surface area contributed by atoms with Crippen molar-refractivity contribution >= 4 is 50.0 Å². The van der Waals surface area contributed by atoms with E-state index >= 15 is 0 Å². The molecule has 0 saturated heterocycles. The highest BCUT2D eigenvalue weighted by molar-refractivity contribution is 7.89. The maximum absolute atomic E-state index is 12.3. The molecule has 11 heteroatoms. The first-order valence-corrected chi connectivity index (χ1v) is 9.75. The van der Waals surface area contributed by atoms with E-state index in [9.17, 15) is 18.0 Å². The second-order valence-electron chi connectivity index (χ2n) is 4.77. The highest BCUT2D eigenvalue weighted by Crippen LogP contribution is 2.22. The molecule has 25 heavy (non-hydrogen) atoms. The lowest BCUT2D eigenvalue weighted by molar-refractivity contribution is -0.142. The van der Waals surface area contributed by atoms with Crippen LogP contribution in [0, 0.1) is 0 Å². The molecule has 134 valence electrons. The molecule has 0 aliphatic heterocycles. The fraction of sp³-hybridized carbons (Fsp3) is 0.214. The summed E-state index contributed by atoms with van der Waals surface area (Å²) in [5.74, 6) is -1.07. The number of aromatic nitrogens is 1. The minimum Gasteiger partial charge on any atom is -0.466 e. The van der Waals surface area contributed by atoms with Crippen LogP contribution in [0.2, 0.25) is 5.02 Å². The van der Waals surface area contributed by atoms with Gasteiger partial charge in [-0.1, -0.05) is 11.6 Å². The molecule has 2 aromatic rings. The van der Waals surface area contributed by atoms with Crippen LogP contribution in [0.25, 0.3) is 0 Å². The highest BCUT2D eigenvalue weighted by Gasteiger charge is 2.17. The number of halogens is 1. The number of amides is 1. The minimum atomic E-state index is -3.97. The molecule has 2 rings (SSSR count). The van der Waals surface area contributed by atoms with Gasteiger partial charge in [-0.15, -0.1) is 11.3 Å². The van der Waals surface area contributed by atoms with Gasteiger partial charge in [0.2, 0.25) is 10.0 Å². The van der Waals surface area contributed by atoms with Crippen molar-refractivity contribution in [1.29, 1.82) is 0 Å². The van der Waals surface area contributed by atoms with Gasteiger partial charge in [0.15, 0.2) is 5.13 Å². The van der Waals surface area contributed by atoms with E-state index in [2.05, 4.69) is 10.3 Å². The van der Waals surface area contributed by atoms with Crippen LogP contribution in [-0.4, -0.2) is 31.9 Å². The van der Waals surface area contributed by atoms with E-state index in [1.165, 1.54) is 12.1 Å². The van der Waals surface area contributed by atoms with Gasteiger partial charge in [-0.2, -0.15) is 0 Å². The third-order valence-electron chi connectivity index (χ3n) is 2.91. The van der Waals surface area contributed by atoms with Crippen molar-refractivity contribution in [3.63, 3.8) is 0 Å². The predicted molar refractivity (Wildman–Crippen MR) is 93.2 cm³/mol. The zero-order valence-corrected chi connectivity index (χ0v) is 15.4. The number of anilines is 1. The molecule has 0 aliphatic carbocycles. The molecule has 3 N–H and O–H groups in total.